The summed E-state index contributed by atoms with van der Waals surface area (Å²) in [6.45, 7) is 3.96. The van der Waals surface area contributed by atoms with E-state index in [1.807, 2.05) is 29.2 Å². The minimum Gasteiger partial charge on any atom is -0.366 e. The fourth-order valence-electron chi connectivity index (χ4n) is 4.03. The largest absolute Gasteiger partial charge is 0.366 e. The van der Waals surface area contributed by atoms with Crippen LogP contribution in [0.25, 0.3) is 0 Å². The zero-order valence-electron chi connectivity index (χ0n) is 18.5. The minimum atomic E-state index is -0.512. The number of nitrogens with two attached hydrogens (primary N) is 1. The summed E-state index contributed by atoms with van der Waals surface area (Å²) in [6.07, 6.45) is 6.56. The first-order valence-electron chi connectivity index (χ1n) is 11.2. The molecule has 33 heavy (non-hydrogen) atoms. The van der Waals surface area contributed by atoms with Crippen LogP contribution in [0.15, 0.2) is 67.1 Å². The molecule has 0 bridgehead atoms. The highest BCUT2D eigenvalue weighted by Crippen LogP contribution is 2.33. The van der Waals surface area contributed by atoms with Crippen molar-refractivity contribution in [2.75, 3.05) is 31.1 Å². The number of primary amides is 1. The van der Waals surface area contributed by atoms with E-state index in [-0.39, 0.29) is 5.91 Å². The van der Waals surface area contributed by atoms with Gasteiger partial charge in [-0.3, -0.25) is 14.5 Å². The van der Waals surface area contributed by atoms with Gasteiger partial charge in [-0.1, -0.05) is 12.1 Å². The van der Waals surface area contributed by atoms with Crippen molar-refractivity contribution >= 4 is 29.0 Å². The SMILES string of the molecule is NC(=O)c1cccc(N(c2cccc(C(=O)NCCCN3CCCC3)c2)c2ccncn2)c1. The van der Waals surface area contributed by atoms with Gasteiger partial charge < -0.3 is 16.0 Å². The number of aromatic nitrogens is 2. The van der Waals surface area contributed by atoms with E-state index in [0.717, 1.165) is 31.7 Å². The van der Waals surface area contributed by atoms with Gasteiger partial charge in [0.1, 0.15) is 12.1 Å². The van der Waals surface area contributed by atoms with Crippen molar-refractivity contribution in [3.05, 3.63) is 78.2 Å². The second-order valence-electron chi connectivity index (χ2n) is 8.03. The molecular weight excluding hydrogens is 416 g/mol. The van der Waals surface area contributed by atoms with Gasteiger partial charge in [-0.2, -0.15) is 0 Å². The quantitative estimate of drug-likeness (QED) is 0.491. The monoisotopic (exact) mass is 444 g/mol. The summed E-state index contributed by atoms with van der Waals surface area (Å²) >= 11 is 0. The van der Waals surface area contributed by atoms with Gasteiger partial charge >= 0.3 is 0 Å². The first kappa shape index (κ1) is 22.4. The van der Waals surface area contributed by atoms with E-state index in [1.54, 1.807) is 36.5 Å². The number of anilines is 3. The number of nitrogens with one attached hydrogen (secondary N) is 1. The highest BCUT2D eigenvalue weighted by Gasteiger charge is 2.17. The van der Waals surface area contributed by atoms with Crippen molar-refractivity contribution in [3.63, 3.8) is 0 Å². The Labute approximate surface area is 193 Å². The second-order valence-corrected chi connectivity index (χ2v) is 8.03. The van der Waals surface area contributed by atoms with Gasteiger partial charge in [0.15, 0.2) is 0 Å². The van der Waals surface area contributed by atoms with E-state index < -0.39 is 5.91 Å². The Hall–Kier alpha value is -3.78. The Balaban J connectivity index is 1.54. The zero-order valence-corrected chi connectivity index (χ0v) is 18.5. The Bertz CT molecular complexity index is 1100. The molecule has 2 amide bonds. The molecule has 1 fully saturated rings. The maximum absolute atomic E-state index is 12.8. The van der Waals surface area contributed by atoms with Crippen LogP contribution in [0.2, 0.25) is 0 Å². The molecule has 8 heteroatoms. The lowest BCUT2D eigenvalue weighted by Gasteiger charge is -2.24. The maximum Gasteiger partial charge on any atom is 0.251 e. The third-order valence-electron chi connectivity index (χ3n) is 5.69. The number of benzene rings is 2. The number of likely N-dealkylation sites (tertiary alicyclic amines) is 1. The van der Waals surface area contributed by atoms with Crippen molar-refractivity contribution in [2.24, 2.45) is 5.73 Å². The second kappa shape index (κ2) is 10.7. The van der Waals surface area contributed by atoms with Gasteiger partial charge in [0, 0.05) is 35.2 Å². The summed E-state index contributed by atoms with van der Waals surface area (Å²) in [7, 11) is 0. The molecule has 170 valence electrons. The lowest BCUT2D eigenvalue weighted by molar-refractivity contribution is 0.0950. The number of rotatable bonds is 9. The Morgan fingerprint density at radius 3 is 2.36 bits per heavy atom. The average molecular weight is 445 g/mol. The molecule has 4 rings (SSSR count). The molecule has 1 aromatic heterocycles. The lowest BCUT2D eigenvalue weighted by Crippen LogP contribution is -2.28. The van der Waals surface area contributed by atoms with Crippen LogP contribution in [0.1, 0.15) is 40.0 Å². The van der Waals surface area contributed by atoms with E-state index >= 15 is 0 Å². The molecule has 3 aromatic rings. The van der Waals surface area contributed by atoms with Crippen LogP contribution in [0.5, 0.6) is 0 Å². The fourth-order valence-corrected chi connectivity index (χ4v) is 4.03. The summed E-state index contributed by atoms with van der Waals surface area (Å²) in [5.41, 5.74) is 7.86. The van der Waals surface area contributed by atoms with Crippen molar-refractivity contribution in [2.45, 2.75) is 19.3 Å². The number of carbonyl (C=O) groups is 2. The Kier molecular flexibility index (Phi) is 7.26. The first-order valence-corrected chi connectivity index (χ1v) is 11.2. The average Bonchev–Trinajstić information content (AvgIpc) is 3.37. The van der Waals surface area contributed by atoms with Crippen LogP contribution in [-0.4, -0.2) is 52.9 Å². The van der Waals surface area contributed by atoms with Gasteiger partial charge in [0.05, 0.1) is 0 Å². The van der Waals surface area contributed by atoms with E-state index in [0.29, 0.717) is 29.2 Å². The van der Waals surface area contributed by atoms with E-state index in [1.165, 1.54) is 19.2 Å². The summed E-state index contributed by atoms with van der Waals surface area (Å²) in [6, 6.07) is 16.1. The normalized spacial score (nSPS) is 13.6. The van der Waals surface area contributed by atoms with Crippen LogP contribution in [-0.2, 0) is 0 Å². The van der Waals surface area contributed by atoms with Crippen molar-refractivity contribution in [1.82, 2.24) is 20.2 Å². The number of hydrogen-bond acceptors (Lipinski definition) is 6. The lowest BCUT2D eigenvalue weighted by atomic mass is 10.1. The molecule has 2 heterocycles. The Morgan fingerprint density at radius 1 is 1.00 bits per heavy atom. The molecule has 0 saturated carbocycles. The molecule has 8 nitrogen and oxygen atoms in total. The van der Waals surface area contributed by atoms with E-state index in [4.69, 9.17) is 5.73 Å². The molecule has 1 aliphatic heterocycles. The maximum atomic E-state index is 12.8. The van der Waals surface area contributed by atoms with Crippen LogP contribution in [0.3, 0.4) is 0 Å². The fraction of sp³-hybridized carbons (Fsp3) is 0.280. The third kappa shape index (κ3) is 5.72. The van der Waals surface area contributed by atoms with Gasteiger partial charge in [0.2, 0.25) is 5.91 Å². The highest BCUT2D eigenvalue weighted by molar-refractivity contribution is 5.96. The van der Waals surface area contributed by atoms with E-state index in [9.17, 15) is 9.59 Å². The number of nitrogens with zero attached hydrogens (tertiary/aromatic N) is 4. The van der Waals surface area contributed by atoms with Crippen LogP contribution in [0, 0.1) is 0 Å². The topological polar surface area (TPSA) is 104 Å². The van der Waals surface area contributed by atoms with E-state index in [2.05, 4.69) is 20.2 Å². The third-order valence-corrected chi connectivity index (χ3v) is 5.69. The smallest absolute Gasteiger partial charge is 0.251 e. The summed E-state index contributed by atoms with van der Waals surface area (Å²) < 4.78 is 0. The molecule has 0 radical (unpaired) electrons. The van der Waals surface area contributed by atoms with Crippen LogP contribution >= 0.6 is 0 Å². The van der Waals surface area contributed by atoms with Gasteiger partial charge in [0.25, 0.3) is 5.91 Å². The molecule has 1 aliphatic rings. The zero-order chi connectivity index (χ0) is 23.0. The molecule has 0 spiro atoms. The molecular formula is C25H28N6O2. The first-order chi connectivity index (χ1) is 16.1. The molecule has 0 aliphatic carbocycles. The molecule has 3 N–H and O–H groups in total. The van der Waals surface area contributed by atoms with Crippen LogP contribution < -0.4 is 16.0 Å². The minimum absolute atomic E-state index is 0.119. The predicted molar refractivity (Wildman–Crippen MR) is 128 cm³/mol. The molecule has 0 atom stereocenters. The van der Waals surface area contributed by atoms with Gasteiger partial charge in [-0.25, -0.2) is 9.97 Å². The van der Waals surface area contributed by atoms with Crippen LogP contribution in [0.4, 0.5) is 17.2 Å². The number of amides is 2. The molecule has 0 unspecified atom stereocenters. The molecule has 1 saturated heterocycles. The van der Waals surface area contributed by atoms with Crippen molar-refractivity contribution in [3.8, 4) is 0 Å². The van der Waals surface area contributed by atoms with Crippen molar-refractivity contribution < 1.29 is 9.59 Å². The van der Waals surface area contributed by atoms with Gasteiger partial charge in [-0.15, -0.1) is 0 Å². The van der Waals surface area contributed by atoms with Crippen molar-refractivity contribution in [1.29, 1.82) is 0 Å². The predicted octanol–water partition coefficient (Wildman–Crippen LogP) is 3.26. The Morgan fingerprint density at radius 2 is 1.70 bits per heavy atom. The molecule has 2 aromatic carbocycles. The van der Waals surface area contributed by atoms with Gasteiger partial charge in [-0.05, 0) is 81.4 Å². The standard InChI is InChI=1S/C25H28N6O2/c26-24(32)19-6-3-8-21(16-19)31(23-10-12-27-18-29-23)22-9-4-7-20(17-22)25(33)28-11-5-15-30-13-1-2-14-30/h3-4,6-10,12,16-18H,1-2,5,11,13-15H2,(H2,26,32)(H,28,33). The number of carbonyl (C=O) groups excluding carboxylic acids is 2. The summed E-state index contributed by atoms with van der Waals surface area (Å²) in [4.78, 5) is 37.2. The summed E-state index contributed by atoms with van der Waals surface area (Å²) in [5.74, 6) is -0.0249. The summed E-state index contributed by atoms with van der Waals surface area (Å²) in [5, 5.41) is 3.02. The highest BCUT2D eigenvalue weighted by atomic mass is 16.2. The number of hydrogen-bond donors (Lipinski definition) is 2.